The predicted octanol–water partition coefficient (Wildman–Crippen LogP) is 1.10. The molecule has 1 aromatic rings. The van der Waals surface area contributed by atoms with Crippen LogP contribution < -0.4 is 10.6 Å². The molecule has 0 heterocycles. The van der Waals surface area contributed by atoms with E-state index in [2.05, 4.69) is 10.6 Å². The Morgan fingerprint density at radius 3 is 2.41 bits per heavy atom. The molecule has 1 aromatic carbocycles. The largest absolute Gasteiger partial charge is 0.452 e. The zero-order valence-electron chi connectivity index (χ0n) is 13.4. The van der Waals surface area contributed by atoms with Gasteiger partial charge in [-0.15, -0.1) is 0 Å². The summed E-state index contributed by atoms with van der Waals surface area (Å²) in [5, 5.41) is 5.03. The third-order valence-corrected chi connectivity index (χ3v) is 2.83. The first-order valence-corrected chi connectivity index (χ1v) is 7.10. The molecule has 0 atom stereocenters. The van der Waals surface area contributed by atoms with Crippen LogP contribution in [0, 0.1) is 13.8 Å². The van der Waals surface area contributed by atoms with Gasteiger partial charge in [0, 0.05) is 6.04 Å². The maximum absolute atomic E-state index is 11.9. The first-order valence-electron chi connectivity index (χ1n) is 7.10. The number of ether oxygens (including phenoxy) is 1. The maximum Gasteiger partial charge on any atom is 0.338 e. The van der Waals surface area contributed by atoms with Crippen LogP contribution in [0.25, 0.3) is 0 Å². The molecule has 0 spiro atoms. The van der Waals surface area contributed by atoms with E-state index >= 15 is 0 Å². The third kappa shape index (κ3) is 5.95. The molecule has 6 nitrogen and oxygen atoms in total. The lowest BCUT2D eigenvalue weighted by Gasteiger charge is -2.10. The molecule has 0 saturated heterocycles. The number of carbonyl (C=O) groups excluding carboxylic acids is 3. The highest BCUT2D eigenvalue weighted by molar-refractivity contribution is 5.93. The number of amides is 2. The molecule has 0 radical (unpaired) electrons. The van der Waals surface area contributed by atoms with Crippen LogP contribution in [0.5, 0.6) is 0 Å². The van der Waals surface area contributed by atoms with Crippen LogP contribution in [0.2, 0.25) is 0 Å². The maximum atomic E-state index is 11.9. The first-order chi connectivity index (χ1) is 10.3. The van der Waals surface area contributed by atoms with Crippen molar-refractivity contribution in [1.29, 1.82) is 0 Å². The van der Waals surface area contributed by atoms with Gasteiger partial charge in [-0.05, 0) is 39.3 Å². The lowest BCUT2D eigenvalue weighted by molar-refractivity contribution is -0.128. The van der Waals surface area contributed by atoms with Gasteiger partial charge in [-0.25, -0.2) is 4.79 Å². The summed E-state index contributed by atoms with van der Waals surface area (Å²) in [4.78, 5) is 34.8. The number of hydrogen-bond donors (Lipinski definition) is 2. The van der Waals surface area contributed by atoms with Crippen LogP contribution in [0.15, 0.2) is 18.2 Å². The molecule has 2 amide bonds. The molecule has 22 heavy (non-hydrogen) atoms. The summed E-state index contributed by atoms with van der Waals surface area (Å²) >= 11 is 0. The van der Waals surface area contributed by atoms with E-state index in [-0.39, 0.29) is 18.5 Å². The smallest absolute Gasteiger partial charge is 0.338 e. The summed E-state index contributed by atoms with van der Waals surface area (Å²) in [5.41, 5.74) is 2.26. The van der Waals surface area contributed by atoms with Gasteiger partial charge < -0.3 is 15.4 Å². The van der Waals surface area contributed by atoms with E-state index in [4.69, 9.17) is 4.74 Å². The Morgan fingerprint density at radius 2 is 1.82 bits per heavy atom. The Morgan fingerprint density at radius 1 is 1.14 bits per heavy atom. The molecule has 120 valence electrons. The number of hydrogen-bond acceptors (Lipinski definition) is 4. The quantitative estimate of drug-likeness (QED) is 0.771. The van der Waals surface area contributed by atoms with E-state index in [0.717, 1.165) is 11.1 Å². The van der Waals surface area contributed by atoms with Crippen molar-refractivity contribution in [3.8, 4) is 0 Å². The highest BCUT2D eigenvalue weighted by Gasteiger charge is 2.13. The van der Waals surface area contributed by atoms with Gasteiger partial charge in [0.2, 0.25) is 5.91 Å². The summed E-state index contributed by atoms with van der Waals surface area (Å²) in [6, 6.07) is 5.35. The van der Waals surface area contributed by atoms with Crippen molar-refractivity contribution < 1.29 is 19.1 Å². The SMILES string of the molecule is Cc1ccc(C(=O)OCC(=O)NCC(=O)NC(C)C)c(C)c1. The molecule has 0 unspecified atom stereocenters. The molecule has 0 aliphatic carbocycles. The van der Waals surface area contributed by atoms with Crippen molar-refractivity contribution in [3.05, 3.63) is 34.9 Å². The minimum absolute atomic E-state index is 0.00624. The molecule has 0 fully saturated rings. The van der Waals surface area contributed by atoms with Gasteiger partial charge in [-0.2, -0.15) is 0 Å². The second-order valence-corrected chi connectivity index (χ2v) is 5.39. The average molecular weight is 306 g/mol. The van der Waals surface area contributed by atoms with Crippen molar-refractivity contribution in [2.24, 2.45) is 0 Å². The summed E-state index contributed by atoms with van der Waals surface area (Å²) in [7, 11) is 0. The van der Waals surface area contributed by atoms with Crippen LogP contribution in [-0.2, 0) is 14.3 Å². The van der Waals surface area contributed by atoms with Crippen molar-refractivity contribution in [2.45, 2.75) is 33.7 Å². The Balaban J connectivity index is 2.40. The van der Waals surface area contributed by atoms with E-state index in [1.165, 1.54) is 0 Å². The fourth-order valence-electron chi connectivity index (χ4n) is 1.85. The number of nitrogens with one attached hydrogen (secondary N) is 2. The fourth-order valence-corrected chi connectivity index (χ4v) is 1.85. The average Bonchev–Trinajstić information content (AvgIpc) is 2.41. The van der Waals surface area contributed by atoms with E-state index in [9.17, 15) is 14.4 Å². The topological polar surface area (TPSA) is 84.5 Å². The Labute approximate surface area is 130 Å². The van der Waals surface area contributed by atoms with E-state index < -0.39 is 18.5 Å². The van der Waals surface area contributed by atoms with Gasteiger partial charge >= 0.3 is 5.97 Å². The number of esters is 1. The number of aryl methyl sites for hydroxylation is 2. The second kappa shape index (κ2) is 8.17. The molecule has 0 aliphatic heterocycles. The molecule has 2 N–H and O–H groups in total. The van der Waals surface area contributed by atoms with Gasteiger partial charge in [0.15, 0.2) is 6.61 Å². The Kier molecular flexibility index (Phi) is 6.56. The van der Waals surface area contributed by atoms with Crippen LogP contribution in [0.1, 0.15) is 35.3 Å². The van der Waals surface area contributed by atoms with Gasteiger partial charge in [0.1, 0.15) is 0 Å². The van der Waals surface area contributed by atoms with Crippen molar-refractivity contribution in [2.75, 3.05) is 13.2 Å². The first kappa shape index (κ1) is 17.7. The summed E-state index contributed by atoms with van der Waals surface area (Å²) < 4.78 is 4.94. The fraction of sp³-hybridized carbons (Fsp3) is 0.438. The molecule has 0 aliphatic rings. The van der Waals surface area contributed by atoms with Crippen molar-refractivity contribution >= 4 is 17.8 Å². The lowest BCUT2D eigenvalue weighted by Crippen LogP contribution is -2.41. The van der Waals surface area contributed by atoms with E-state index in [0.29, 0.717) is 5.56 Å². The molecular weight excluding hydrogens is 284 g/mol. The van der Waals surface area contributed by atoms with Gasteiger partial charge in [-0.3, -0.25) is 9.59 Å². The molecule has 6 heteroatoms. The van der Waals surface area contributed by atoms with Crippen LogP contribution in [0.3, 0.4) is 0 Å². The lowest BCUT2D eigenvalue weighted by atomic mass is 10.1. The van der Waals surface area contributed by atoms with Gasteiger partial charge in [0.05, 0.1) is 12.1 Å². The Hall–Kier alpha value is -2.37. The van der Waals surface area contributed by atoms with Crippen LogP contribution in [0.4, 0.5) is 0 Å². The second-order valence-electron chi connectivity index (χ2n) is 5.39. The minimum atomic E-state index is -0.556. The zero-order valence-corrected chi connectivity index (χ0v) is 13.4. The number of rotatable bonds is 6. The molecular formula is C16H22N2O4. The van der Waals surface area contributed by atoms with Crippen LogP contribution >= 0.6 is 0 Å². The predicted molar refractivity (Wildman–Crippen MR) is 82.5 cm³/mol. The van der Waals surface area contributed by atoms with E-state index in [1.807, 2.05) is 26.8 Å². The summed E-state index contributed by atoms with van der Waals surface area (Å²) in [6.07, 6.45) is 0. The molecule has 0 bridgehead atoms. The number of benzene rings is 1. The molecule has 0 saturated carbocycles. The minimum Gasteiger partial charge on any atom is -0.452 e. The third-order valence-electron chi connectivity index (χ3n) is 2.83. The Bertz CT molecular complexity index is 567. The normalized spacial score (nSPS) is 10.2. The molecule has 0 aromatic heterocycles. The number of carbonyl (C=O) groups is 3. The highest BCUT2D eigenvalue weighted by atomic mass is 16.5. The summed E-state index contributed by atoms with van der Waals surface area (Å²) in [5.74, 6) is -1.36. The van der Waals surface area contributed by atoms with Gasteiger partial charge in [0.25, 0.3) is 5.91 Å². The highest BCUT2D eigenvalue weighted by Crippen LogP contribution is 2.11. The monoisotopic (exact) mass is 306 g/mol. The molecule has 1 rings (SSSR count). The van der Waals surface area contributed by atoms with Crippen molar-refractivity contribution in [1.82, 2.24) is 10.6 Å². The van der Waals surface area contributed by atoms with Crippen molar-refractivity contribution in [3.63, 3.8) is 0 Å². The van der Waals surface area contributed by atoms with E-state index in [1.54, 1.807) is 19.1 Å². The van der Waals surface area contributed by atoms with Crippen LogP contribution in [-0.4, -0.2) is 37.0 Å². The van der Waals surface area contributed by atoms with Gasteiger partial charge in [-0.1, -0.05) is 17.7 Å². The standard InChI is InChI=1S/C16H22N2O4/c1-10(2)18-14(19)8-17-15(20)9-22-16(21)13-6-5-11(3)7-12(13)4/h5-7,10H,8-9H2,1-4H3,(H,17,20)(H,18,19). The summed E-state index contributed by atoms with van der Waals surface area (Å²) in [6.45, 7) is 6.83. The zero-order chi connectivity index (χ0) is 16.7.